The maximum absolute atomic E-state index is 13.0. The van der Waals surface area contributed by atoms with Gasteiger partial charge in [0.25, 0.3) is 11.8 Å². The van der Waals surface area contributed by atoms with Crippen LogP contribution in [0.3, 0.4) is 0 Å². The summed E-state index contributed by atoms with van der Waals surface area (Å²) in [6, 6.07) is 14.2. The van der Waals surface area contributed by atoms with E-state index in [-0.39, 0.29) is 11.3 Å². The Bertz CT molecular complexity index is 1320. The van der Waals surface area contributed by atoms with Crippen molar-refractivity contribution in [1.29, 1.82) is 0 Å². The summed E-state index contributed by atoms with van der Waals surface area (Å²) in [6.45, 7) is 3.79. The van der Waals surface area contributed by atoms with Crippen molar-refractivity contribution in [3.8, 4) is 11.3 Å². The molecule has 1 aliphatic rings. The molecular formula is C25H20N2O6. The molecule has 2 heterocycles. The number of carbonyl (C=O) groups is 4. The largest absolute Gasteiger partial charge is 0.465 e. The summed E-state index contributed by atoms with van der Waals surface area (Å²) in [5.74, 6) is -1.26. The molecule has 4 amide bonds. The Morgan fingerprint density at radius 3 is 2.36 bits per heavy atom. The first-order valence-electron chi connectivity index (χ1n) is 10.1. The zero-order valence-electron chi connectivity index (χ0n) is 18.2. The first kappa shape index (κ1) is 21.8. The summed E-state index contributed by atoms with van der Waals surface area (Å²) in [6.07, 6.45) is 1.30. The standard InChI is InChI=1S/C25H20N2O6/c1-14-4-9-18(12-15(14)2)27-23(29)20(22(28)26-25(27)31)13-19-10-11-21(33-19)16-5-7-17(8-6-16)24(30)32-3/h4-13H,1-3H3,(H,26,28,31)/b20-13+. The van der Waals surface area contributed by atoms with Crippen molar-refractivity contribution in [2.45, 2.75) is 13.8 Å². The van der Waals surface area contributed by atoms with Crippen LogP contribution in [-0.2, 0) is 14.3 Å². The molecule has 8 nitrogen and oxygen atoms in total. The summed E-state index contributed by atoms with van der Waals surface area (Å²) in [5.41, 5.74) is 3.15. The van der Waals surface area contributed by atoms with Gasteiger partial charge in [0.2, 0.25) is 0 Å². The van der Waals surface area contributed by atoms with E-state index in [4.69, 9.17) is 4.42 Å². The summed E-state index contributed by atoms with van der Waals surface area (Å²) in [7, 11) is 1.31. The lowest BCUT2D eigenvalue weighted by molar-refractivity contribution is -0.122. The van der Waals surface area contributed by atoms with E-state index in [9.17, 15) is 19.2 Å². The van der Waals surface area contributed by atoms with Gasteiger partial charge in [0, 0.05) is 5.56 Å². The van der Waals surface area contributed by atoms with Crippen LogP contribution < -0.4 is 10.2 Å². The second-order valence-electron chi connectivity index (χ2n) is 7.50. The molecule has 3 aromatic rings. The van der Waals surface area contributed by atoms with Crippen LogP contribution >= 0.6 is 0 Å². The molecule has 0 aliphatic carbocycles. The van der Waals surface area contributed by atoms with Gasteiger partial charge >= 0.3 is 12.0 Å². The van der Waals surface area contributed by atoms with E-state index in [1.807, 2.05) is 13.8 Å². The third-order valence-electron chi connectivity index (χ3n) is 5.35. The first-order valence-corrected chi connectivity index (χ1v) is 10.1. The zero-order valence-corrected chi connectivity index (χ0v) is 18.2. The van der Waals surface area contributed by atoms with Gasteiger partial charge in [-0.05, 0) is 67.4 Å². The maximum atomic E-state index is 13.0. The SMILES string of the molecule is COC(=O)c1ccc(-c2ccc(/C=C3\C(=O)NC(=O)N(c4ccc(C)c(C)c4)C3=O)o2)cc1. The van der Waals surface area contributed by atoms with Gasteiger partial charge in [-0.3, -0.25) is 14.9 Å². The third-order valence-corrected chi connectivity index (χ3v) is 5.35. The van der Waals surface area contributed by atoms with Gasteiger partial charge in [0.05, 0.1) is 18.4 Å². The van der Waals surface area contributed by atoms with E-state index in [2.05, 4.69) is 10.1 Å². The normalized spacial score (nSPS) is 15.1. The summed E-state index contributed by atoms with van der Waals surface area (Å²) in [4.78, 5) is 50.3. The van der Waals surface area contributed by atoms with Gasteiger partial charge < -0.3 is 9.15 Å². The van der Waals surface area contributed by atoms with Crippen LogP contribution in [0.4, 0.5) is 10.5 Å². The van der Waals surface area contributed by atoms with E-state index < -0.39 is 23.8 Å². The number of esters is 1. The molecule has 4 rings (SSSR count). The van der Waals surface area contributed by atoms with Gasteiger partial charge in [-0.25, -0.2) is 14.5 Å². The smallest absolute Gasteiger partial charge is 0.337 e. The highest BCUT2D eigenvalue weighted by molar-refractivity contribution is 6.39. The number of ether oxygens (including phenoxy) is 1. The van der Waals surface area contributed by atoms with Crippen LogP contribution in [0.1, 0.15) is 27.2 Å². The number of nitrogens with one attached hydrogen (secondary N) is 1. The Balaban J connectivity index is 1.63. The van der Waals surface area contributed by atoms with Gasteiger partial charge in [0.15, 0.2) is 0 Å². The molecular weight excluding hydrogens is 424 g/mol. The number of amides is 4. The van der Waals surface area contributed by atoms with E-state index in [1.165, 1.54) is 13.2 Å². The summed E-state index contributed by atoms with van der Waals surface area (Å²) >= 11 is 0. The fourth-order valence-corrected chi connectivity index (χ4v) is 3.37. The molecule has 166 valence electrons. The van der Waals surface area contributed by atoms with Crippen molar-refractivity contribution in [3.05, 3.63) is 82.6 Å². The van der Waals surface area contributed by atoms with Crippen molar-refractivity contribution in [1.82, 2.24) is 5.32 Å². The first-order chi connectivity index (χ1) is 15.8. The quantitative estimate of drug-likeness (QED) is 0.370. The lowest BCUT2D eigenvalue weighted by atomic mass is 10.1. The number of methoxy groups -OCH3 is 1. The Morgan fingerprint density at radius 2 is 1.70 bits per heavy atom. The van der Waals surface area contributed by atoms with Crippen LogP contribution in [0, 0.1) is 13.8 Å². The van der Waals surface area contributed by atoms with Crippen molar-refractivity contribution >= 4 is 35.6 Å². The predicted molar refractivity (Wildman–Crippen MR) is 120 cm³/mol. The molecule has 0 radical (unpaired) electrons. The Labute approximate surface area is 189 Å². The molecule has 0 spiro atoms. The fourth-order valence-electron chi connectivity index (χ4n) is 3.37. The molecule has 1 aliphatic heterocycles. The van der Waals surface area contributed by atoms with Crippen LogP contribution in [0.15, 0.2) is 64.6 Å². The summed E-state index contributed by atoms with van der Waals surface area (Å²) in [5, 5.41) is 2.20. The van der Waals surface area contributed by atoms with Gasteiger partial charge in [-0.15, -0.1) is 0 Å². The van der Waals surface area contributed by atoms with Crippen molar-refractivity contribution in [2.75, 3.05) is 12.0 Å². The minimum absolute atomic E-state index is 0.227. The Kier molecular flexibility index (Phi) is 5.66. The molecule has 8 heteroatoms. The number of benzene rings is 2. The van der Waals surface area contributed by atoms with Crippen molar-refractivity contribution < 1.29 is 28.3 Å². The minimum atomic E-state index is -0.809. The molecule has 1 N–H and O–H groups in total. The fraction of sp³-hybridized carbons (Fsp3) is 0.120. The van der Waals surface area contributed by atoms with Crippen LogP contribution in [0.5, 0.6) is 0 Å². The highest BCUT2D eigenvalue weighted by Gasteiger charge is 2.37. The average molecular weight is 444 g/mol. The van der Waals surface area contributed by atoms with E-state index in [0.29, 0.717) is 22.6 Å². The van der Waals surface area contributed by atoms with Crippen LogP contribution in [-0.4, -0.2) is 30.9 Å². The topological polar surface area (TPSA) is 106 Å². The van der Waals surface area contributed by atoms with Crippen LogP contribution in [0.25, 0.3) is 17.4 Å². The zero-order chi connectivity index (χ0) is 23.7. The highest BCUT2D eigenvalue weighted by Crippen LogP contribution is 2.27. The average Bonchev–Trinajstić information content (AvgIpc) is 3.27. The molecule has 33 heavy (non-hydrogen) atoms. The summed E-state index contributed by atoms with van der Waals surface area (Å²) < 4.78 is 10.5. The molecule has 0 saturated carbocycles. The van der Waals surface area contributed by atoms with Crippen molar-refractivity contribution in [3.63, 3.8) is 0 Å². The highest BCUT2D eigenvalue weighted by atomic mass is 16.5. The number of hydrogen-bond donors (Lipinski definition) is 1. The van der Waals surface area contributed by atoms with E-state index in [0.717, 1.165) is 16.0 Å². The number of nitrogens with zero attached hydrogens (tertiary/aromatic N) is 1. The number of hydrogen-bond acceptors (Lipinski definition) is 6. The number of rotatable bonds is 4. The van der Waals surface area contributed by atoms with Gasteiger partial charge in [0.1, 0.15) is 17.1 Å². The molecule has 1 fully saturated rings. The lowest BCUT2D eigenvalue weighted by Gasteiger charge is -2.26. The second kappa shape index (κ2) is 8.58. The van der Waals surface area contributed by atoms with Crippen LogP contribution in [0.2, 0.25) is 0 Å². The molecule has 1 saturated heterocycles. The Hall–Kier alpha value is -4.46. The van der Waals surface area contributed by atoms with E-state index in [1.54, 1.807) is 54.6 Å². The second-order valence-corrected chi connectivity index (χ2v) is 7.50. The number of urea groups is 1. The molecule has 0 atom stereocenters. The predicted octanol–water partition coefficient (Wildman–Crippen LogP) is 4.02. The molecule has 0 unspecified atom stereocenters. The number of barbiturate groups is 1. The maximum Gasteiger partial charge on any atom is 0.337 e. The number of imide groups is 2. The molecule has 0 bridgehead atoms. The Morgan fingerprint density at radius 1 is 0.970 bits per heavy atom. The number of furan rings is 1. The minimum Gasteiger partial charge on any atom is -0.465 e. The monoisotopic (exact) mass is 444 g/mol. The molecule has 1 aromatic heterocycles. The van der Waals surface area contributed by atoms with Gasteiger partial charge in [-0.2, -0.15) is 0 Å². The molecule has 2 aromatic carbocycles. The third kappa shape index (κ3) is 4.18. The van der Waals surface area contributed by atoms with E-state index >= 15 is 0 Å². The van der Waals surface area contributed by atoms with Crippen molar-refractivity contribution in [2.24, 2.45) is 0 Å². The lowest BCUT2D eigenvalue weighted by Crippen LogP contribution is -2.54. The number of anilines is 1. The number of carbonyl (C=O) groups excluding carboxylic acids is 4. The van der Waals surface area contributed by atoms with Gasteiger partial charge in [-0.1, -0.05) is 18.2 Å². The number of aryl methyl sites for hydroxylation is 2.